The molecule has 0 bridgehead atoms. The van der Waals surface area contributed by atoms with Crippen molar-refractivity contribution in [2.24, 2.45) is 0 Å². The third kappa shape index (κ3) is 3.64. The average Bonchev–Trinajstić information content (AvgIpc) is 3.32. The van der Waals surface area contributed by atoms with Crippen molar-refractivity contribution < 1.29 is 21.6 Å². The van der Waals surface area contributed by atoms with Crippen LogP contribution < -0.4 is 0 Å². The van der Waals surface area contributed by atoms with Crippen LogP contribution in [-0.4, -0.2) is 36.0 Å². The minimum atomic E-state index is -4.02. The van der Waals surface area contributed by atoms with Crippen molar-refractivity contribution in [1.82, 2.24) is 14.5 Å². The third-order valence-corrected chi connectivity index (χ3v) is 6.94. The van der Waals surface area contributed by atoms with Gasteiger partial charge in [-0.1, -0.05) is 0 Å². The van der Waals surface area contributed by atoms with E-state index in [4.69, 9.17) is 4.42 Å². The summed E-state index contributed by atoms with van der Waals surface area (Å²) in [5.41, 5.74) is 0.814. The highest BCUT2D eigenvalue weighted by Gasteiger charge is 2.33. The number of halogens is 2. The standard InChI is InChI=1S/C17H15F2N3O3S2/c18-13-6-14(19)8-15(7-13)27(23,24)22-4-1-2-11(9-22)16-20-21-17(25-16)12-3-5-26-10-12/h3,5-8,10-11H,1-2,4,9H2. The molecule has 1 saturated heterocycles. The lowest BCUT2D eigenvalue weighted by Gasteiger charge is -2.30. The number of thiophene rings is 1. The van der Waals surface area contributed by atoms with Gasteiger partial charge in [0.2, 0.25) is 21.8 Å². The second kappa shape index (κ2) is 7.10. The Kier molecular flexibility index (Phi) is 4.79. The van der Waals surface area contributed by atoms with Gasteiger partial charge in [-0.05, 0) is 36.4 Å². The Morgan fingerprint density at radius 3 is 2.67 bits per heavy atom. The second-order valence-electron chi connectivity index (χ2n) is 6.26. The Morgan fingerprint density at radius 1 is 1.19 bits per heavy atom. The normalized spacial score (nSPS) is 18.7. The highest BCUT2D eigenvalue weighted by Crippen LogP contribution is 2.31. The molecular formula is C17H15F2N3O3S2. The summed E-state index contributed by atoms with van der Waals surface area (Å²) in [4.78, 5) is -0.398. The van der Waals surface area contributed by atoms with Crippen molar-refractivity contribution in [1.29, 1.82) is 0 Å². The van der Waals surface area contributed by atoms with E-state index >= 15 is 0 Å². The molecule has 1 aromatic carbocycles. The molecule has 2 aromatic heterocycles. The summed E-state index contributed by atoms with van der Waals surface area (Å²) in [6, 6.07) is 4.15. The molecule has 0 saturated carbocycles. The highest BCUT2D eigenvalue weighted by molar-refractivity contribution is 7.89. The zero-order valence-electron chi connectivity index (χ0n) is 14.0. The number of nitrogens with zero attached hydrogens (tertiary/aromatic N) is 3. The van der Waals surface area contributed by atoms with Gasteiger partial charge in [0.05, 0.1) is 10.8 Å². The molecule has 6 nitrogen and oxygen atoms in total. The molecule has 1 atom stereocenters. The van der Waals surface area contributed by atoms with Gasteiger partial charge < -0.3 is 4.42 Å². The first kappa shape index (κ1) is 18.2. The predicted molar refractivity (Wildman–Crippen MR) is 94.7 cm³/mol. The maximum atomic E-state index is 13.4. The summed E-state index contributed by atoms with van der Waals surface area (Å²) in [7, 11) is -4.02. The van der Waals surface area contributed by atoms with Gasteiger partial charge in [-0.2, -0.15) is 15.6 Å². The lowest BCUT2D eigenvalue weighted by Crippen LogP contribution is -2.39. The molecule has 0 aliphatic carbocycles. The Labute approximate surface area is 158 Å². The summed E-state index contributed by atoms with van der Waals surface area (Å²) in [6.45, 7) is 0.383. The van der Waals surface area contributed by atoms with E-state index in [0.717, 1.165) is 17.7 Å². The van der Waals surface area contributed by atoms with Crippen LogP contribution in [0.4, 0.5) is 8.78 Å². The van der Waals surface area contributed by atoms with Gasteiger partial charge in [-0.3, -0.25) is 0 Å². The van der Waals surface area contributed by atoms with Gasteiger partial charge in [0.15, 0.2) is 0 Å². The van der Waals surface area contributed by atoms with Gasteiger partial charge in [0.25, 0.3) is 0 Å². The maximum Gasteiger partial charge on any atom is 0.248 e. The van der Waals surface area contributed by atoms with Gasteiger partial charge in [0.1, 0.15) is 11.6 Å². The summed E-state index contributed by atoms with van der Waals surface area (Å²) < 4.78 is 59.4. The van der Waals surface area contributed by atoms with E-state index in [1.165, 1.54) is 15.6 Å². The van der Waals surface area contributed by atoms with E-state index in [1.54, 1.807) is 0 Å². The Morgan fingerprint density at radius 2 is 1.96 bits per heavy atom. The molecule has 10 heteroatoms. The molecule has 0 amide bonds. The molecule has 0 radical (unpaired) electrons. The smallest absolute Gasteiger partial charge is 0.248 e. The Bertz CT molecular complexity index is 1030. The van der Waals surface area contributed by atoms with E-state index < -0.39 is 26.6 Å². The summed E-state index contributed by atoms with van der Waals surface area (Å²) in [5, 5.41) is 11.9. The average molecular weight is 411 g/mol. The lowest BCUT2D eigenvalue weighted by molar-refractivity contribution is 0.286. The molecule has 0 spiro atoms. The van der Waals surface area contributed by atoms with Crippen LogP contribution in [-0.2, 0) is 10.0 Å². The van der Waals surface area contributed by atoms with Crippen LogP contribution in [0.1, 0.15) is 24.7 Å². The number of hydrogen-bond donors (Lipinski definition) is 0. The fourth-order valence-corrected chi connectivity index (χ4v) is 5.29. The van der Waals surface area contributed by atoms with Crippen LogP contribution in [0.5, 0.6) is 0 Å². The van der Waals surface area contributed by atoms with Crippen LogP contribution >= 0.6 is 11.3 Å². The molecule has 27 heavy (non-hydrogen) atoms. The molecule has 1 unspecified atom stereocenters. The summed E-state index contributed by atoms with van der Waals surface area (Å²) in [6.07, 6.45) is 1.27. The number of piperidine rings is 1. The van der Waals surface area contributed by atoms with Crippen molar-refractivity contribution in [2.75, 3.05) is 13.1 Å². The zero-order chi connectivity index (χ0) is 19.0. The molecule has 142 valence electrons. The largest absolute Gasteiger partial charge is 0.420 e. The zero-order valence-corrected chi connectivity index (χ0v) is 15.6. The Hall–Kier alpha value is -2.17. The van der Waals surface area contributed by atoms with E-state index in [-0.39, 0.29) is 19.0 Å². The number of benzene rings is 1. The minimum absolute atomic E-state index is 0.117. The van der Waals surface area contributed by atoms with Crippen LogP contribution in [0.3, 0.4) is 0 Å². The van der Waals surface area contributed by atoms with Crippen LogP contribution in [0, 0.1) is 11.6 Å². The fourth-order valence-electron chi connectivity index (χ4n) is 3.09. The number of aromatic nitrogens is 2. The SMILES string of the molecule is O=S(=O)(c1cc(F)cc(F)c1)N1CCCC(c2nnc(-c3ccsc3)o2)C1. The van der Waals surface area contributed by atoms with Crippen molar-refractivity contribution in [2.45, 2.75) is 23.7 Å². The first-order valence-corrected chi connectivity index (χ1v) is 10.6. The van der Waals surface area contributed by atoms with Gasteiger partial charge in [-0.15, -0.1) is 10.2 Å². The van der Waals surface area contributed by atoms with E-state index in [0.29, 0.717) is 30.7 Å². The van der Waals surface area contributed by atoms with E-state index in [1.807, 2.05) is 16.8 Å². The minimum Gasteiger partial charge on any atom is -0.420 e. The van der Waals surface area contributed by atoms with E-state index in [2.05, 4.69) is 10.2 Å². The first-order valence-electron chi connectivity index (χ1n) is 8.26. The van der Waals surface area contributed by atoms with Crippen LogP contribution in [0.25, 0.3) is 11.5 Å². The van der Waals surface area contributed by atoms with Gasteiger partial charge in [0, 0.05) is 30.1 Å². The van der Waals surface area contributed by atoms with Gasteiger partial charge in [-0.25, -0.2) is 17.2 Å². The summed E-state index contributed by atoms with van der Waals surface area (Å²) >= 11 is 1.51. The highest BCUT2D eigenvalue weighted by atomic mass is 32.2. The molecule has 3 heterocycles. The van der Waals surface area contributed by atoms with Crippen molar-refractivity contribution in [3.05, 3.63) is 52.6 Å². The maximum absolute atomic E-state index is 13.4. The second-order valence-corrected chi connectivity index (χ2v) is 8.98. The predicted octanol–water partition coefficient (Wildman–Crippen LogP) is 3.64. The molecule has 1 fully saturated rings. The van der Waals surface area contributed by atoms with Crippen molar-refractivity contribution in [3.8, 4) is 11.5 Å². The lowest BCUT2D eigenvalue weighted by atomic mass is 10.00. The number of sulfonamides is 1. The first-order chi connectivity index (χ1) is 12.9. The van der Waals surface area contributed by atoms with Crippen LogP contribution in [0.15, 0.2) is 44.3 Å². The molecular weight excluding hydrogens is 396 g/mol. The number of rotatable bonds is 4. The summed E-state index contributed by atoms with van der Waals surface area (Å²) in [5.74, 6) is -1.38. The topological polar surface area (TPSA) is 76.3 Å². The molecule has 4 rings (SSSR count). The monoisotopic (exact) mass is 411 g/mol. The fraction of sp³-hybridized carbons (Fsp3) is 0.294. The van der Waals surface area contributed by atoms with Crippen LogP contribution in [0.2, 0.25) is 0 Å². The van der Waals surface area contributed by atoms with Crippen molar-refractivity contribution >= 4 is 21.4 Å². The van der Waals surface area contributed by atoms with E-state index in [9.17, 15) is 17.2 Å². The third-order valence-electron chi connectivity index (χ3n) is 4.42. The number of hydrogen-bond acceptors (Lipinski definition) is 6. The molecule has 1 aliphatic rings. The quantitative estimate of drug-likeness (QED) is 0.655. The molecule has 3 aromatic rings. The Balaban J connectivity index is 1.57. The molecule has 0 N–H and O–H groups in total. The van der Waals surface area contributed by atoms with Gasteiger partial charge >= 0.3 is 0 Å². The van der Waals surface area contributed by atoms with Crippen molar-refractivity contribution in [3.63, 3.8) is 0 Å². The molecule has 1 aliphatic heterocycles.